The summed E-state index contributed by atoms with van der Waals surface area (Å²) in [6.07, 6.45) is 4.37. The number of aromatic hydroxyl groups is 1. The quantitative estimate of drug-likeness (QED) is 0.607. The Kier molecular flexibility index (Phi) is 6.17. The standard InChI is InChI=1S/C20H20N2O6S2/c21-29(25,26)18-7-3-4-8-19(18)30(27,28)22-20(24)16-12-11-15(13-17(16)23)10-9-14-5-1-2-6-14/h3-4,7-8,11-14,23H,1-2,5-6H2,(H,22,24)(H2,21,25,26). The van der Waals surface area contributed by atoms with E-state index < -0.39 is 41.5 Å². The summed E-state index contributed by atoms with van der Waals surface area (Å²) in [6.45, 7) is 0. The van der Waals surface area contributed by atoms with Gasteiger partial charge in [-0.25, -0.2) is 26.7 Å². The summed E-state index contributed by atoms with van der Waals surface area (Å²) in [7, 11) is -8.91. The fraction of sp³-hybridized carbons (Fsp3) is 0.250. The number of benzene rings is 2. The molecule has 1 amide bonds. The molecule has 0 aromatic heterocycles. The number of carbonyl (C=O) groups excluding carboxylic acids is 1. The van der Waals surface area contributed by atoms with Crippen molar-refractivity contribution in [2.45, 2.75) is 35.5 Å². The fourth-order valence-electron chi connectivity index (χ4n) is 3.20. The third-order valence-corrected chi connectivity index (χ3v) is 7.18. The lowest BCUT2D eigenvalue weighted by molar-refractivity contribution is 0.0978. The first kappa shape index (κ1) is 21.8. The van der Waals surface area contributed by atoms with Gasteiger partial charge < -0.3 is 5.11 Å². The minimum atomic E-state index is -4.57. The fourth-order valence-corrected chi connectivity index (χ4v) is 5.55. The van der Waals surface area contributed by atoms with Crippen LogP contribution in [-0.2, 0) is 20.0 Å². The van der Waals surface area contributed by atoms with Gasteiger partial charge in [-0.3, -0.25) is 4.79 Å². The number of sulfonamides is 2. The van der Waals surface area contributed by atoms with Gasteiger partial charge in [-0.2, -0.15) is 0 Å². The minimum absolute atomic E-state index is 0.293. The van der Waals surface area contributed by atoms with E-state index in [0.717, 1.165) is 37.8 Å². The van der Waals surface area contributed by atoms with Gasteiger partial charge in [0.25, 0.3) is 15.9 Å². The van der Waals surface area contributed by atoms with Crippen LogP contribution < -0.4 is 9.86 Å². The third kappa shape index (κ3) is 4.99. The summed E-state index contributed by atoms with van der Waals surface area (Å²) in [5, 5.41) is 15.2. The Morgan fingerprint density at radius 2 is 1.67 bits per heavy atom. The Labute approximate surface area is 175 Å². The molecule has 8 nitrogen and oxygen atoms in total. The summed E-state index contributed by atoms with van der Waals surface area (Å²) < 4.78 is 50.2. The van der Waals surface area contributed by atoms with E-state index in [2.05, 4.69) is 11.8 Å². The molecule has 2 aromatic carbocycles. The molecule has 0 radical (unpaired) electrons. The van der Waals surface area contributed by atoms with E-state index in [9.17, 15) is 26.7 Å². The summed E-state index contributed by atoms with van der Waals surface area (Å²) in [5.74, 6) is 4.84. The zero-order valence-electron chi connectivity index (χ0n) is 15.8. The number of rotatable bonds is 4. The minimum Gasteiger partial charge on any atom is -0.507 e. The Hall–Kier alpha value is -2.87. The van der Waals surface area contributed by atoms with Crippen molar-refractivity contribution < 1.29 is 26.7 Å². The molecule has 1 saturated carbocycles. The second kappa shape index (κ2) is 8.47. The van der Waals surface area contributed by atoms with Gasteiger partial charge in [0.05, 0.1) is 5.56 Å². The number of carbonyl (C=O) groups is 1. The third-order valence-electron chi connectivity index (χ3n) is 4.69. The van der Waals surface area contributed by atoms with Gasteiger partial charge in [0.2, 0.25) is 10.0 Å². The summed E-state index contributed by atoms with van der Waals surface area (Å²) >= 11 is 0. The van der Waals surface area contributed by atoms with E-state index in [1.54, 1.807) is 4.72 Å². The lowest BCUT2D eigenvalue weighted by Crippen LogP contribution is -2.32. The molecule has 4 N–H and O–H groups in total. The Morgan fingerprint density at radius 3 is 2.27 bits per heavy atom. The molecule has 0 aliphatic heterocycles. The maximum Gasteiger partial charge on any atom is 0.268 e. The van der Waals surface area contributed by atoms with E-state index >= 15 is 0 Å². The topological polar surface area (TPSA) is 144 Å². The molecule has 0 saturated heterocycles. The first-order valence-electron chi connectivity index (χ1n) is 9.11. The van der Waals surface area contributed by atoms with Crippen molar-refractivity contribution in [2.24, 2.45) is 11.1 Å². The highest BCUT2D eigenvalue weighted by atomic mass is 32.2. The van der Waals surface area contributed by atoms with Gasteiger partial charge in [-0.15, -0.1) is 0 Å². The van der Waals surface area contributed by atoms with E-state index in [1.165, 1.54) is 30.3 Å². The second-order valence-corrected chi connectivity index (χ2v) is 10.1. The lowest BCUT2D eigenvalue weighted by atomic mass is 10.1. The first-order valence-corrected chi connectivity index (χ1v) is 12.1. The highest BCUT2D eigenvalue weighted by Crippen LogP contribution is 2.25. The zero-order chi connectivity index (χ0) is 21.9. The maximum absolute atomic E-state index is 12.6. The van der Waals surface area contributed by atoms with Crippen molar-refractivity contribution in [2.75, 3.05) is 0 Å². The number of nitrogens with two attached hydrogens (primary N) is 1. The molecule has 1 fully saturated rings. The van der Waals surface area contributed by atoms with Gasteiger partial charge in [0, 0.05) is 11.5 Å². The molecule has 30 heavy (non-hydrogen) atoms. The number of phenols is 1. The Morgan fingerprint density at radius 1 is 1.03 bits per heavy atom. The zero-order valence-corrected chi connectivity index (χ0v) is 17.5. The van der Waals surface area contributed by atoms with E-state index in [4.69, 9.17) is 5.14 Å². The molecule has 3 rings (SSSR count). The van der Waals surface area contributed by atoms with Crippen LogP contribution in [0.15, 0.2) is 52.3 Å². The molecule has 0 spiro atoms. The summed E-state index contributed by atoms with van der Waals surface area (Å²) in [4.78, 5) is 11.1. The average molecular weight is 449 g/mol. The van der Waals surface area contributed by atoms with Crippen molar-refractivity contribution in [3.05, 3.63) is 53.6 Å². The molecule has 2 aromatic rings. The van der Waals surface area contributed by atoms with Crippen molar-refractivity contribution in [3.8, 4) is 17.6 Å². The SMILES string of the molecule is NS(=O)(=O)c1ccccc1S(=O)(=O)NC(=O)c1ccc(C#CC2CCCC2)cc1O. The first-order chi connectivity index (χ1) is 14.1. The van der Waals surface area contributed by atoms with Gasteiger partial charge in [-0.1, -0.05) is 36.8 Å². The lowest BCUT2D eigenvalue weighted by Gasteiger charge is -2.11. The van der Waals surface area contributed by atoms with Crippen LogP contribution in [0.4, 0.5) is 0 Å². The smallest absolute Gasteiger partial charge is 0.268 e. The van der Waals surface area contributed by atoms with Gasteiger partial charge >= 0.3 is 0 Å². The number of amides is 1. The number of phenolic OH excluding ortho intramolecular Hbond substituents is 1. The Balaban J connectivity index is 1.84. The van der Waals surface area contributed by atoms with Crippen molar-refractivity contribution in [1.82, 2.24) is 4.72 Å². The number of hydrogen-bond acceptors (Lipinski definition) is 6. The van der Waals surface area contributed by atoms with E-state index in [0.29, 0.717) is 11.5 Å². The number of primary sulfonamides is 1. The summed E-state index contributed by atoms with van der Waals surface area (Å²) in [6, 6.07) is 8.66. The predicted octanol–water partition coefficient (Wildman–Crippen LogP) is 1.70. The normalized spacial score (nSPS) is 14.7. The monoisotopic (exact) mass is 448 g/mol. The maximum atomic E-state index is 12.6. The van der Waals surface area contributed by atoms with Crippen molar-refractivity contribution in [1.29, 1.82) is 0 Å². The van der Waals surface area contributed by atoms with Crippen LogP contribution in [-0.4, -0.2) is 27.8 Å². The molecular weight excluding hydrogens is 428 g/mol. The van der Waals surface area contributed by atoms with E-state index in [1.807, 2.05) is 0 Å². The van der Waals surface area contributed by atoms with Crippen LogP contribution in [0.3, 0.4) is 0 Å². The number of nitrogens with one attached hydrogen (secondary N) is 1. The molecule has 0 atom stereocenters. The van der Waals surface area contributed by atoms with Gasteiger partial charge in [0.1, 0.15) is 15.5 Å². The molecule has 0 unspecified atom stereocenters. The molecule has 10 heteroatoms. The summed E-state index contributed by atoms with van der Waals surface area (Å²) in [5.41, 5.74) is 0.205. The van der Waals surface area contributed by atoms with Gasteiger partial charge in [-0.05, 0) is 43.2 Å². The largest absolute Gasteiger partial charge is 0.507 e. The highest BCUT2D eigenvalue weighted by Gasteiger charge is 2.27. The number of hydrogen-bond donors (Lipinski definition) is 3. The van der Waals surface area contributed by atoms with E-state index in [-0.39, 0.29) is 5.56 Å². The van der Waals surface area contributed by atoms with Crippen LogP contribution in [0.2, 0.25) is 0 Å². The molecule has 1 aliphatic rings. The van der Waals surface area contributed by atoms with Crippen LogP contribution >= 0.6 is 0 Å². The van der Waals surface area contributed by atoms with Gasteiger partial charge in [0.15, 0.2) is 0 Å². The van der Waals surface area contributed by atoms with Crippen LogP contribution in [0.1, 0.15) is 41.6 Å². The molecule has 158 valence electrons. The van der Waals surface area contributed by atoms with Crippen molar-refractivity contribution >= 4 is 26.0 Å². The predicted molar refractivity (Wildman–Crippen MR) is 109 cm³/mol. The molecule has 0 bridgehead atoms. The van der Waals surface area contributed by atoms with Crippen molar-refractivity contribution in [3.63, 3.8) is 0 Å². The average Bonchev–Trinajstić information content (AvgIpc) is 3.19. The molecular formula is C20H20N2O6S2. The van der Waals surface area contributed by atoms with Crippen LogP contribution in [0.25, 0.3) is 0 Å². The second-order valence-electron chi connectivity index (χ2n) is 6.91. The molecule has 1 aliphatic carbocycles. The highest BCUT2D eigenvalue weighted by molar-refractivity contribution is 7.92. The Bertz CT molecular complexity index is 1250. The molecule has 0 heterocycles. The van der Waals surface area contributed by atoms with Crippen LogP contribution in [0, 0.1) is 17.8 Å². The van der Waals surface area contributed by atoms with Crippen LogP contribution in [0.5, 0.6) is 5.75 Å².